The van der Waals surface area contributed by atoms with E-state index in [0.29, 0.717) is 5.02 Å². The normalized spacial score (nSPS) is 15.1. The molecule has 0 atom stereocenters. The predicted molar refractivity (Wildman–Crippen MR) is 76.8 cm³/mol. The van der Waals surface area contributed by atoms with Crippen molar-refractivity contribution in [2.45, 2.75) is 17.7 Å². The summed E-state index contributed by atoms with van der Waals surface area (Å²) >= 11 is 5.74. The van der Waals surface area contributed by atoms with E-state index in [1.165, 1.54) is 18.2 Å². The third-order valence-electron chi connectivity index (χ3n) is 2.94. The molecule has 0 aliphatic heterocycles. The Balaban J connectivity index is 1.86. The summed E-state index contributed by atoms with van der Waals surface area (Å²) in [5, 5.41) is 2.98. The maximum Gasteiger partial charge on any atom is 0.240 e. The Morgan fingerprint density at radius 1 is 1.35 bits per heavy atom. The van der Waals surface area contributed by atoms with Gasteiger partial charge in [-0.2, -0.15) is 0 Å². The molecule has 8 heteroatoms. The SMILES string of the molecule is Nc1cc(S(=O)(=O)NCCNC(=O)C2CC2)ccc1Cl. The van der Waals surface area contributed by atoms with E-state index in [4.69, 9.17) is 17.3 Å². The second-order valence-corrected chi connectivity index (χ2v) is 6.82. The summed E-state index contributed by atoms with van der Waals surface area (Å²) in [6.07, 6.45) is 1.84. The number of carbonyl (C=O) groups is 1. The van der Waals surface area contributed by atoms with Gasteiger partial charge in [-0.05, 0) is 31.0 Å². The number of rotatable bonds is 6. The highest BCUT2D eigenvalue weighted by Gasteiger charge is 2.29. The summed E-state index contributed by atoms with van der Waals surface area (Å²) in [6, 6.07) is 4.11. The number of carbonyl (C=O) groups excluding carboxylic acids is 1. The maximum absolute atomic E-state index is 12.0. The van der Waals surface area contributed by atoms with Crippen LogP contribution in [0.3, 0.4) is 0 Å². The Labute approximate surface area is 122 Å². The number of anilines is 1. The van der Waals surface area contributed by atoms with Crippen LogP contribution in [-0.2, 0) is 14.8 Å². The summed E-state index contributed by atoms with van der Waals surface area (Å²) in [5.41, 5.74) is 5.78. The molecular formula is C12H16ClN3O3S. The second-order valence-electron chi connectivity index (χ2n) is 4.65. The largest absolute Gasteiger partial charge is 0.397 e. The van der Waals surface area contributed by atoms with Crippen LogP contribution in [0.15, 0.2) is 23.1 Å². The van der Waals surface area contributed by atoms with Crippen molar-refractivity contribution in [3.05, 3.63) is 23.2 Å². The zero-order valence-electron chi connectivity index (χ0n) is 10.7. The van der Waals surface area contributed by atoms with E-state index in [9.17, 15) is 13.2 Å². The summed E-state index contributed by atoms with van der Waals surface area (Å²) in [5.74, 6) is 0.0996. The molecule has 0 radical (unpaired) electrons. The summed E-state index contributed by atoms with van der Waals surface area (Å²) in [7, 11) is -3.64. The molecule has 1 aromatic carbocycles. The molecule has 0 aromatic heterocycles. The lowest BCUT2D eigenvalue weighted by Gasteiger charge is -2.08. The molecule has 0 heterocycles. The monoisotopic (exact) mass is 317 g/mol. The fourth-order valence-electron chi connectivity index (χ4n) is 1.63. The highest BCUT2D eigenvalue weighted by Crippen LogP contribution is 2.28. The van der Waals surface area contributed by atoms with Gasteiger partial charge in [-0.1, -0.05) is 11.6 Å². The Morgan fingerprint density at radius 3 is 2.65 bits per heavy atom. The topological polar surface area (TPSA) is 101 Å². The van der Waals surface area contributed by atoms with Crippen molar-refractivity contribution >= 4 is 33.2 Å². The minimum atomic E-state index is -3.64. The first-order valence-corrected chi connectivity index (χ1v) is 8.08. The van der Waals surface area contributed by atoms with E-state index in [0.717, 1.165) is 12.8 Å². The number of nitrogens with two attached hydrogens (primary N) is 1. The van der Waals surface area contributed by atoms with E-state index in [2.05, 4.69) is 10.0 Å². The van der Waals surface area contributed by atoms with Crippen LogP contribution in [0.4, 0.5) is 5.69 Å². The van der Waals surface area contributed by atoms with Crippen molar-refractivity contribution < 1.29 is 13.2 Å². The van der Waals surface area contributed by atoms with Gasteiger partial charge >= 0.3 is 0 Å². The lowest BCUT2D eigenvalue weighted by molar-refractivity contribution is -0.122. The van der Waals surface area contributed by atoms with Crippen molar-refractivity contribution in [1.29, 1.82) is 0 Å². The van der Waals surface area contributed by atoms with Crippen LogP contribution in [-0.4, -0.2) is 27.4 Å². The molecule has 2 rings (SSSR count). The summed E-state index contributed by atoms with van der Waals surface area (Å²) in [4.78, 5) is 11.4. The molecule has 0 bridgehead atoms. The van der Waals surface area contributed by atoms with Gasteiger partial charge in [0.25, 0.3) is 0 Å². The van der Waals surface area contributed by atoms with Crippen molar-refractivity contribution in [3.63, 3.8) is 0 Å². The number of amides is 1. The number of halogens is 1. The molecule has 0 spiro atoms. The molecule has 110 valence electrons. The molecule has 0 unspecified atom stereocenters. The summed E-state index contributed by atoms with van der Waals surface area (Å²) in [6.45, 7) is 0.390. The van der Waals surface area contributed by atoms with Crippen LogP contribution in [0.25, 0.3) is 0 Å². The van der Waals surface area contributed by atoms with E-state index in [-0.39, 0.29) is 35.5 Å². The molecule has 1 amide bonds. The van der Waals surface area contributed by atoms with Crippen LogP contribution in [0.5, 0.6) is 0 Å². The molecular weight excluding hydrogens is 302 g/mol. The fourth-order valence-corrected chi connectivity index (χ4v) is 2.82. The molecule has 1 aliphatic rings. The first kappa shape index (κ1) is 15.1. The van der Waals surface area contributed by atoms with Crippen molar-refractivity contribution in [2.75, 3.05) is 18.8 Å². The second kappa shape index (κ2) is 5.99. The number of hydrogen-bond donors (Lipinski definition) is 3. The van der Waals surface area contributed by atoms with E-state index < -0.39 is 10.0 Å². The smallest absolute Gasteiger partial charge is 0.240 e. The first-order chi connectivity index (χ1) is 9.40. The molecule has 1 aliphatic carbocycles. The minimum absolute atomic E-state index is 0.0139. The van der Waals surface area contributed by atoms with E-state index >= 15 is 0 Å². The van der Waals surface area contributed by atoms with Crippen molar-refractivity contribution in [3.8, 4) is 0 Å². The molecule has 6 nitrogen and oxygen atoms in total. The zero-order valence-corrected chi connectivity index (χ0v) is 12.3. The van der Waals surface area contributed by atoms with Crippen molar-refractivity contribution in [2.24, 2.45) is 5.92 Å². The van der Waals surface area contributed by atoms with Gasteiger partial charge in [0.1, 0.15) is 0 Å². The van der Waals surface area contributed by atoms with Crippen LogP contribution >= 0.6 is 11.6 Å². The van der Waals surface area contributed by atoms with Crippen LogP contribution in [0, 0.1) is 5.92 Å². The van der Waals surface area contributed by atoms with Gasteiger partial charge in [0, 0.05) is 19.0 Å². The maximum atomic E-state index is 12.0. The Bertz CT molecular complexity index is 614. The van der Waals surface area contributed by atoms with Gasteiger partial charge in [0.15, 0.2) is 0 Å². The molecule has 20 heavy (non-hydrogen) atoms. The van der Waals surface area contributed by atoms with Gasteiger partial charge in [-0.25, -0.2) is 13.1 Å². The zero-order chi connectivity index (χ0) is 14.8. The van der Waals surface area contributed by atoms with Gasteiger partial charge < -0.3 is 11.1 Å². The van der Waals surface area contributed by atoms with Gasteiger partial charge in [0.2, 0.25) is 15.9 Å². The van der Waals surface area contributed by atoms with Gasteiger partial charge in [-0.15, -0.1) is 0 Å². The lowest BCUT2D eigenvalue weighted by atomic mass is 10.3. The molecule has 1 fully saturated rings. The number of nitrogen functional groups attached to an aromatic ring is 1. The Morgan fingerprint density at radius 2 is 2.05 bits per heavy atom. The number of hydrogen-bond acceptors (Lipinski definition) is 4. The number of sulfonamides is 1. The Hall–Kier alpha value is -1.31. The quantitative estimate of drug-likeness (QED) is 0.531. The molecule has 4 N–H and O–H groups in total. The average molecular weight is 318 g/mol. The van der Waals surface area contributed by atoms with Crippen LogP contribution in [0.2, 0.25) is 5.02 Å². The predicted octanol–water partition coefficient (Wildman–Crippen LogP) is 0.727. The first-order valence-electron chi connectivity index (χ1n) is 6.22. The molecule has 1 aromatic rings. The average Bonchev–Trinajstić information content (AvgIpc) is 3.22. The van der Waals surface area contributed by atoms with E-state index in [1.54, 1.807) is 0 Å². The van der Waals surface area contributed by atoms with E-state index in [1.807, 2.05) is 0 Å². The molecule has 0 saturated heterocycles. The third kappa shape index (κ3) is 3.84. The lowest BCUT2D eigenvalue weighted by Crippen LogP contribution is -2.35. The highest BCUT2D eigenvalue weighted by atomic mass is 35.5. The standard InChI is InChI=1S/C12H16ClN3O3S/c13-10-4-3-9(7-11(10)14)20(18,19)16-6-5-15-12(17)8-1-2-8/h3-4,7-8,16H,1-2,5-6,14H2,(H,15,17). The van der Waals surface area contributed by atoms with Gasteiger partial charge in [0.05, 0.1) is 15.6 Å². The third-order valence-corrected chi connectivity index (χ3v) is 4.75. The molecule has 1 saturated carbocycles. The van der Waals surface area contributed by atoms with Gasteiger partial charge in [-0.3, -0.25) is 4.79 Å². The van der Waals surface area contributed by atoms with Crippen LogP contribution < -0.4 is 15.8 Å². The Kier molecular flexibility index (Phi) is 4.52. The summed E-state index contributed by atoms with van der Waals surface area (Å²) < 4.78 is 26.3. The van der Waals surface area contributed by atoms with Crippen LogP contribution in [0.1, 0.15) is 12.8 Å². The minimum Gasteiger partial charge on any atom is -0.397 e. The highest BCUT2D eigenvalue weighted by molar-refractivity contribution is 7.89. The number of nitrogens with one attached hydrogen (secondary N) is 2. The van der Waals surface area contributed by atoms with Crippen molar-refractivity contribution in [1.82, 2.24) is 10.0 Å². The number of benzene rings is 1. The fraction of sp³-hybridized carbons (Fsp3) is 0.417.